The zero-order chi connectivity index (χ0) is 9.84. The first-order valence-corrected chi connectivity index (χ1v) is 4.41. The molecule has 0 spiro atoms. The van der Waals surface area contributed by atoms with Crippen LogP contribution in [-0.4, -0.2) is 13.2 Å². The Kier molecular flexibility index (Phi) is 3.23. The summed E-state index contributed by atoms with van der Waals surface area (Å²) in [5.74, 6) is 0.559. The number of halogens is 1. The highest BCUT2D eigenvalue weighted by molar-refractivity contribution is 9.10. The van der Waals surface area contributed by atoms with Gasteiger partial charge in [0, 0.05) is 0 Å². The molecule has 0 amide bonds. The maximum absolute atomic E-state index is 10.1. The number of hydrogen-bond donors (Lipinski definition) is 0. The van der Waals surface area contributed by atoms with Crippen LogP contribution in [0.4, 0.5) is 5.69 Å². The molecule has 0 N–H and O–H groups in total. The van der Waals surface area contributed by atoms with Crippen LogP contribution in [0.15, 0.2) is 21.6 Å². The summed E-state index contributed by atoms with van der Waals surface area (Å²) in [5.41, 5.74) is 1.51. The predicted octanol–water partition coefficient (Wildman–Crippen LogP) is 2.73. The fourth-order valence-corrected chi connectivity index (χ4v) is 1.47. The van der Waals surface area contributed by atoms with Gasteiger partial charge in [0.15, 0.2) is 5.75 Å². The van der Waals surface area contributed by atoms with E-state index in [4.69, 9.17) is 4.74 Å². The van der Waals surface area contributed by atoms with Gasteiger partial charge in [-0.1, -0.05) is 6.07 Å². The molecular weight excluding hydrogens is 234 g/mol. The van der Waals surface area contributed by atoms with Gasteiger partial charge in [0.2, 0.25) is 6.08 Å². The molecule has 1 rings (SSSR count). The summed E-state index contributed by atoms with van der Waals surface area (Å²) >= 11 is 3.35. The zero-order valence-electron chi connectivity index (χ0n) is 7.30. The van der Waals surface area contributed by atoms with Gasteiger partial charge in [-0.05, 0) is 34.5 Å². The number of rotatable bonds is 2. The van der Waals surface area contributed by atoms with E-state index in [-0.39, 0.29) is 0 Å². The van der Waals surface area contributed by atoms with Crippen molar-refractivity contribution < 1.29 is 9.53 Å². The van der Waals surface area contributed by atoms with Gasteiger partial charge in [-0.15, -0.1) is 0 Å². The first-order chi connectivity index (χ1) is 6.20. The fourth-order valence-electron chi connectivity index (χ4n) is 0.976. The van der Waals surface area contributed by atoms with Crippen molar-refractivity contribution in [3.63, 3.8) is 0 Å². The van der Waals surface area contributed by atoms with Crippen LogP contribution in [0, 0.1) is 6.92 Å². The van der Waals surface area contributed by atoms with Gasteiger partial charge in [0.05, 0.1) is 11.6 Å². The smallest absolute Gasteiger partial charge is 0.240 e. The van der Waals surface area contributed by atoms with E-state index in [1.807, 2.05) is 13.0 Å². The standard InChI is InChI=1S/C9H8BrNO2/c1-6-3-4-7(11-5-12)9(13-2)8(6)10/h3-4H,1-2H3. The van der Waals surface area contributed by atoms with Gasteiger partial charge in [0.25, 0.3) is 0 Å². The number of benzene rings is 1. The number of hydrogen-bond acceptors (Lipinski definition) is 3. The highest BCUT2D eigenvalue weighted by Gasteiger charge is 2.08. The van der Waals surface area contributed by atoms with Crippen molar-refractivity contribution in [3.05, 3.63) is 22.2 Å². The Labute approximate surface area is 84.6 Å². The van der Waals surface area contributed by atoms with E-state index in [1.165, 1.54) is 13.2 Å². The Bertz CT molecular complexity index is 370. The maximum atomic E-state index is 10.1. The molecule has 68 valence electrons. The molecule has 0 fully saturated rings. The van der Waals surface area contributed by atoms with Crippen LogP contribution < -0.4 is 4.74 Å². The van der Waals surface area contributed by atoms with Crippen molar-refractivity contribution in [3.8, 4) is 5.75 Å². The number of aryl methyl sites for hydroxylation is 1. The third-order valence-electron chi connectivity index (χ3n) is 1.64. The van der Waals surface area contributed by atoms with E-state index < -0.39 is 0 Å². The normalized spacial score (nSPS) is 9.15. The van der Waals surface area contributed by atoms with Crippen molar-refractivity contribution in [1.82, 2.24) is 0 Å². The van der Waals surface area contributed by atoms with Crippen molar-refractivity contribution in [2.24, 2.45) is 4.99 Å². The van der Waals surface area contributed by atoms with Crippen molar-refractivity contribution in [2.75, 3.05) is 7.11 Å². The summed E-state index contributed by atoms with van der Waals surface area (Å²) in [4.78, 5) is 13.6. The third-order valence-corrected chi connectivity index (χ3v) is 2.63. The lowest BCUT2D eigenvalue weighted by Gasteiger charge is -2.07. The average Bonchev–Trinajstić information content (AvgIpc) is 2.12. The molecule has 0 saturated heterocycles. The van der Waals surface area contributed by atoms with Crippen LogP contribution in [0.1, 0.15) is 5.56 Å². The Balaban J connectivity index is 3.37. The molecule has 0 radical (unpaired) electrons. The molecule has 4 heteroatoms. The van der Waals surface area contributed by atoms with Crippen LogP contribution in [0.3, 0.4) is 0 Å². The van der Waals surface area contributed by atoms with E-state index in [9.17, 15) is 4.79 Å². The van der Waals surface area contributed by atoms with E-state index in [1.54, 1.807) is 6.07 Å². The number of ether oxygens (including phenoxy) is 1. The Hall–Kier alpha value is -1.12. The fraction of sp³-hybridized carbons (Fsp3) is 0.222. The summed E-state index contributed by atoms with van der Waals surface area (Å²) in [6.45, 7) is 1.93. The summed E-state index contributed by atoms with van der Waals surface area (Å²) in [6, 6.07) is 3.56. The van der Waals surface area contributed by atoms with Gasteiger partial charge in [0.1, 0.15) is 5.69 Å². The van der Waals surface area contributed by atoms with E-state index in [2.05, 4.69) is 20.9 Å². The Morgan fingerprint density at radius 2 is 2.23 bits per heavy atom. The molecule has 3 nitrogen and oxygen atoms in total. The molecule has 0 atom stereocenters. The molecule has 0 unspecified atom stereocenters. The average molecular weight is 242 g/mol. The lowest BCUT2D eigenvalue weighted by molar-refractivity contribution is 0.413. The first kappa shape index (κ1) is 9.96. The highest BCUT2D eigenvalue weighted by Crippen LogP contribution is 2.36. The van der Waals surface area contributed by atoms with E-state index >= 15 is 0 Å². The van der Waals surface area contributed by atoms with Gasteiger partial charge >= 0.3 is 0 Å². The van der Waals surface area contributed by atoms with E-state index in [0.29, 0.717) is 11.4 Å². The molecule has 0 saturated carbocycles. The van der Waals surface area contributed by atoms with Gasteiger partial charge in [-0.2, -0.15) is 4.99 Å². The maximum Gasteiger partial charge on any atom is 0.240 e. The monoisotopic (exact) mass is 241 g/mol. The van der Waals surface area contributed by atoms with Gasteiger partial charge in [-0.3, -0.25) is 0 Å². The number of carbonyl (C=O) groups excluding carboxylic acids is 1. The zero-order valence-corrected chi connectivity index (χ0v) is 8.88. The SMILES string of the molecule is COc1c(N=C=O)ccc(C)c1Br. The molecular formula is C9H8BrNO2. The molecule has 0 aliphatic heterocycles. The molecule has 1 aromatic rings. The summed E-state index contributed by atoms with van der Waals surface area (Å²) in [5, 5.41) is 0. The second kappa shape index (κ2) is 4.21. The molecule has 1 aromatic carbocycles. The second-order valence-electron chi connectivity index (χ2n) is 2.45. The molecule has 0 aliphatic carbocycles. The van der Waals surface area contributed by atoms with Crippen LogP contribution in [0.2, 0.25) is 0 Å². The largest absolute Gasteiger partial charge is 0.493 e. The molecule has 13 heavy (non-hydrogen) atoms. The number of aliphatic imine (C=N–C) groups is 1. The van der Waals surface area contributed by atoms with Crippen LogP contribution >= 0.6 is 15.9 Å². The topological polar surface area (TPSA) is 38.7 Å². The van der Waals surface area contributed by atoms with Crippen molar-refractivity contribution in [1.29, 1.82) is 0 Å². The molecule has 0 aliphatic rings. The van der Waals surface area contributed by atoms with Crippen LogP contribution in [-0.2, 0) is 4.79 Å². The van der Waals surface area contributed by atoms with Gasteiger partial charge < -0.3 is 4.74 Å². The number of methoxy groups -OCH3 is 1. The van der Waals surface area contributed by atoms with Crippen molar-refractivity contribution in [2.45, 2.75) is 6.92 Å². The second-order valence-corrected chi connectivity index (χ2v) is 3.24. The molecule has 0 bridgehead atoms. The van der Waals surface area contributed by atoms with Crippen LogP contribution in [0.5, 0.6) is 5.75 Å². The number of isocyanates is 1. The summed E-state index contributed by atoms with van der Waals surface area (Å²) in [7, 11) is 1.53. The lowest BCUT2D eigenvalue weighted by atomic mass is 10.2. The Morgan fingerprint density at radius 1 is 1.54 bits per heavy atom. The minimum Gasteiger partial charge on any atom is -0.493 e. The third kappa shape index (κ3) is 1.97. The minimum atomic E-state index is 0.481. The minimum absolute atomic E-state index is 0.481. The van der Waals surface area contributed by atoms with Gasteiger partial charge in [-0.25, -0.2) is 4.79 Å². The lowest BCUT2D eigenvalue weighted by Crippen LogP contribution is -1.87. The molecule has 0 heterocycles. The first-order valence-electron chi connectivity index (χ1n) is 3.61. The Morgan fingerprint density at radius 3 is 2.77 bits per heavy atom. The van der Waals surface area contributed by atoms with Crippen molar-refractivity contribution >= 4 is 27.7 Å². The summed E-state index contributed by atoms with van der Waals surface area (Å²) in [6.07, 6.45) is 1.48. The van der Waals surface area contributed by atoms with E-state index in [0.717, 1.165) is 10.0 Å². The summed E-state index contributed by atoms with van der Waals surface area (Å²) < 4.78 is 5.90. The van der Waals surface area contributed by atoms with Crippen LogP contribution in [0.25, 0.3) is 0 Å². The quantitative estimate of drug-likeness (QED) is 0.590. The highest BCUT2D eigenvalue weighted by atomic mass is 79.9. The molecule has 0 aromatic heterocycles. The number of nitrogens with zero attached hydrogens (tertiary/aromatic N) is 1. The predicted molar refractivity (Wildman–Crippen MR) is 53.2 cm³/mol.